The number of hydrogen-bond acceptors (Lipinski definition) is 4. The number of anilines is 1. The van der Waals surface area contributed by atoms with E-state index >= 15 is 0 Å². The van der Waals surface area contributed by atoms with Crippen LogP contribution in [-0.2, 0) is 16.1 Å². The molecular weight excluding hydrogens is 337 g/mol. The first-order valence-electron chi connectivity index (χ1n) is 8.16. The third-order valence-corrected chi connectivity index (χ3v) is 3.97. The Morgan fingerprint density at radius 1 is 1.23 bits per heavy atom. The Hall–Kier alpha value is -3.22. The van der Waals surface area contributed by atoms with Crippen LogP contribution in [-0.4, -0.2) is 17.7 Å². The maximum Gasteiger partial charge on any atom is 0.411 e. The van der Waals surface area contributed by atoms with E-state index in [1.165, 1.54) is 12.1 Å². The predicted molar refractivity (Wildman–Crippen MR) is 95.1 cm³/mol. The highest BCUT2D eigenvalue weighted by atomic mass is 19.1. The van der Waals surface area contributed by atoms with Crippen LogP contribution in [0.1, 0.15) is 24.5 Å². The number of carbonyl (C=O) groups is 2. The summed E-state index contributed by atoms with van der Waals surface area (Å²) >= 11 is 0. The summed E-state index contributed by atoms with van der Waals surface area (Å²) in [5, 5.41) is 6.73. The number of hydrogen-bond donors (Lipinski definition) is 2. The van der Waals surface area contributed by atoms with E-state index in [0.717, 1.165) is 11.3 Å². The lowest BCUT2D eigenvalue weighted by atomic mass is 9.94. The first-order chi connectivity index (χ1) is 12.5. The van der Waals surface area contributed by atoms with Gasteiger partial charge in [0, 0.05) is 18.0 Å². The number of ether oxygens (including phenoxy) is 1. The number of benzene rings is 2. The van der Waals surface area contributed by atoms with Gasteiger partial charge in [0.1, 0.15) is 12.4 Å². The summed E-state index contributed by atoms with van der Waals surface area (Å²) in [4.78, 5) is 23.2. The average Bonchev–Trinajstić information content (AvgIpc) is 2.62. The summed E-state index contributed by atoms with van der Waals surface area (Å²) in [7, 11) is 0. The molecule has 0 fully saturated rings. The van der Waals surface area contributed by atoms with E-state index in [1.807, 2.05) is 19.1 Å². The second-order valence-corrected chi connectivity index (χ2v) is 6.04. The molecule has 1 aliphatic rings. The molecule has 2 aromatic rings. The summed E-state index contributed by atoms with van der Waals surface area (Å²) in [5.41, 5.74) is 5.43. The quantitative estimate of drug-likeness (QED) is 0.882. The fraction of sp³-hybridized carbons (Fsp3) is 0.211. The van der Waals surface area contributed by atoms with E-state index in [0.29, 0.717) is 17.7 Å². The molecule has 1 aliphatic heterocycles. The fourth-order valence-corrected chi connectivity index (χ4v) is 2.61. The van der Waals surface area contributed by atoms with Crippen molar-refractivity contribution in [1.29, 1.82) is 0 Å². The summed E-state index contributed by atoms with van der Waals surface area (Å²) in [6.07, 6.45) is -0.202. The van der Waals surface area contributed by atoms with Gasteiger partial charge in [-0.3, -0.25) is 10.1 Å². The number of halogens is 1. The van der Waals surface area contributed by atoms with Gasteiger partial charge in [-0.25, -0.2) is 14.6 Å². The number of carbonyl (C=O) groups excluding carboxylic acids is 2. The Bertz CT molecular complexity index is 832. The van der Waals surface area contributed by atoms with Crippen molar-refractivity contribution in [2.75, 3.05) is 5.32 Å². The van der Waals surface area contributed by atoms with E-state index in [2.05, 4.69) is 15.8 Å². The zero-order valence-corrected chi connectivity index (χ0v) is 14.2. The van der Waals surface area contributed by atoms with Gasteiger partial charge in [-0.05, 0) is 35.4 Å². The molecule has 0 saturated heterocycles. The van der Waals surface area contributed by atoms with Crippen LogP contribution in [0.2, 0.25) is 0 Å². The Morgan fingerprint density at radius 3 is 2.58 bits per heavy atom. The summed E-state index contributed by atoms with van der Waals surface area (Å²) in [6, 6.07) is 12.9. The second kappa shape index (κ2) is 7.77. The number of amides is 2. The Labute approximate surface area is 150 Å². The third kappa shape index (κ3) is 4.44. The van der Waals surface area contributed by atoms with Crippen molar-refractivity contribution in [2.24, 2.45) is 11.0 Å². The minimum absolute atomic E-state index is 0.0308. The van der Waals surface area contributed by atoms with Crippen LogP contribution >= 0.6 is 0 Å². The van der Waals surface area contributed by atoms with Crippen LogP contribution in [0.15, 0.2) is 53.6 Å². The van der Waals surface area contributed by atoms with Gasteiger partial charge in [0.25, 0.3) is 0 Å². The molecule has 2 amide bonds. The molecule has 0 bridgehead atoms. The standard InChI is InChI=1S/C19H18FN3O3/c1-12-10-17(24)22-23-18(12)14-4-8-16(9-5-14)21-19(25)26-11-13-2-6-15(20)7-3-13/h2-9,12H,10-11H2,1H3,(H,21,25)(H,22,24). The molecule has 0 aromatic heterocycles. The van der Waals surface area contributed by atoms with Gasteiger partial charge >= 0.3 is 6.09 Å². The van der Waals surface area contributed by atoms with E-state index < -0.39 is 6.09 Å². The van der Waals surface area contributed by atoms with Crippen molar-refractivity contribution in [1.82, 2.24) is 5.43 Å². The molecule has 1 unspecified atom stereocenters. The molecule has 0 saturated carbocycles. The lowest BCUT2D eigenvalue weighted by Gasteiger charge is -2.19. The number of nitrogens with one attached hydrogen (secondary N) is 2. The van der Waals surface area contributed by atoms with Gasteiger partial charge < -0.3 is 4.74 Å². The summed E-state index contributed by atoms with van der Waals surface area (Å²) < 4.78 is 17.9. The first kappa shape index (κ1) is 17.6. The van der Waals surface area contributed by atoms with Crippen LogP contribution in [0.3, 0.4) is 0 Å². The van der Waals surface area contributed by atoms with Crippen molar-refractivity contribution in [3.63, 3.8) is 0 Å². The average molecular weight is 355 g/mol. The zero-order valence-electron chi connectivity index (χ0n) is 14.2. The molecule has 2 aromatic carbocycles. The molecule has 7 heteroatoms. The van der Waals surface area contributed by atoms with Gasteiger partial charge in [0.15, 0.2) is 0 Å². The third-order valence-electron chi connectivity index (χ3n) is 3.97. The highest BCUT2D eigenvalue weighted by Gasteiger charge is 2.21. The van der Waals surface area contributed by atoms with Crippen molar-refractivity contribution in [3.8, 4) is 0 Å². The van der Waals surface area contributed by atoms with Gasteiger partial charge in [0.05, 0.1) is 5.71 Å². The van der Waals surface area contributed by atoms with Crippen molar-refractivity contribution < 1.29 is 18.7 Å². The molecule has 0 spiro atoms. The van der Waals surface area contributed by atoms with Crippen molar-refractivity contribution in [2.45, 2.75) is 20.0 Å². The highest BCUT2D eigenvalue weighted by molar-refractivity contribution is 6.06. The monoisotopic (exact) mass is 355 g/mol. The van der Waals surface area contributed by atoms with E-state index in [9.17, 15) is 14.0 Å². The topological polar surface area (TPSA) is 79.8 Å². The smallest absolute Gasteiger partial charge is 0.411 e. The lowest BCUT2D eigenvalue weighted by molar-refractivity contribution is -0.121. The van der Waals surface area contributed by atoms with Gasteiger partial charge in [-0.15, -0.1) is 0 Å². The van der Waals surface area contributed by atoms with Gasteiger partial charge in [-0.2, -0.15) is 5.10 Å². The Balaban J connectivity index is 1.56. The molecular formula is C19H18FN3O3. The SMILES string of the molecule is CC1CC(=O)NN=C1c1ccc(NC(=O)OCc2ccc(F)cc2)cc1. The number of nitrogens with zero attached hydrogens (tertiary/aromatic N) is 1. The number of rotatable bonds is 4. The molecule has 134 valence electrons. The Morgan fingerprint density at radius 2 is 1.92 bits per heavy atom. The van der Waals surface area contributed by atoms with Crippen molar-refractivity contribution in [3.05, 3.63) is 65.5 Å². The van der Waals surface area contributed by atoms with Crippen LogP contribution in [0.5, 0.6) is 0 Å². The maximum atomic E-state index is 12.8. The van der Waals surface area contributed by atoms with E-state index in [4.69, 9.17) is 4.74 Å². The van der Waals surface area contributed by atoms with Gasteiger partial charge in [0.2, 0.25) is 5.91 Å². The fourth-order valence-electron chi connectivity index (χ4n) is 2.61. The zero-order chi connectivity index (χ0) is 18.5. The highest BCUT2D eigenvalue weighted by Crippen LogP contribution is 2.18. The van der Waals surface area contributed by atoms with Crippen LogP contribution in [0, 0.1) is 11.7 Å². The second-order valence-electron chi connectivity index (χ2n) is 6.04. The normalized spacial score (nSPS) is 16.5. The summed E-state index contributed by atoms with van der Waals surface area (Å²) in [6.45, 7) is 1.99. The van der Waals surface area contributed by atoms with E-state index in [-0.39, 0.29) is 24.2 Å². The molecule has 0 radical (unpaired) electrons. The largest absolute Gasteiger partial charge is 0.444 e. The first-order valence-corrected chi connectivity index (χ1v) is 8.16. The van der Waals surface area contributed by atoms with Gasteiger partial charge in [-0.1, -0.05) is 31.2 Å². The molecule has 26 heavy (non-hydrogen) atoms. The Kier molecular flexibility index (Phi) is 5.26. The summed E-state index contributed by atoms with van der Waals surface area (Å²) in [5.74, 6) is -0.401. The molecule has 0 aliphatic carbocycles. The van der Waals surface area contributed by atoms with E-state index in [1.54, 1.807) is 24.3 Å². The van der Waals surface area contributed by atoms with Crippen molar-refractivity contribution >= 4 is 23.4 Å². The predicted octanol–water partition coefficient (Wildman–Crippen LogP) is 3.43. The lowest BCUT2D eigenvalue weighted by Crippen LogP contribution is -2.31. The molecule has 3 rings (SSSR count). The minimum atomic E-state index is -0.599. The maximum absolute atomic E-state index is 12.8. The molecule has 1 heterocycles. The molecule has 6 nitrogen and oxygen atoms in total. The minimum Gasteiger partial charge on any atom is -0.444 e. The molecule has 2 N–H and O–H groups in total. The molecule has 1 atom stereocenters. The van der Waals surface area contributed by atoms with Crippen LogP contribution in [0.25, 0.3) is 0 Å². The van der Waals surface area contributed by atoms with Crippen LogP contribution < -0.4 is 10.7 Å². The van der Waals surface area contributed by atoms with Crippen LogP contribution in [0.4, 0.5) is 14.9 Å². The number of hydrazone groups is 1.